The van der Waals surface area contributed by atoms with Gasteiger partial charge in [-0.15, -0.1) is 0 Å². The Morgan fingerprint density at radius 3 is 2.62 bits per heavy atom. The number of carbonyl (C=O) groups excluding carboxylic acids is 1. The first-order valence-corrected chi connectivity index (χ1v) is 4.17. The van der Waals surface area contributed by atoms with E-state index in [0.717, 1.165) is 19.3 Å². The Labute approximate surface area is 77.7 Å². The van der Waals surface area contributed by atoms with Crippen molar-refractivity contribution in [2.45, 2.75) is 19.3 Å². The molecule has 0 atom stereocenters. The number of carbonyl (C=O) groups is 1. The Morgan fingerprint density at radius 1 is 1.38 bits per heavy atom. The largest absolute Gasteiger partial charge is 0.370 e. The van der Waals surface area contributed by atoms with Crippen LogP contribution in [0, 0.1) is 5.41 Å². The number of nitrogens with one attached hydrogen (secondary N) is 2. The van der Waals surface area contributed by atoms with Crippen LogP contribution in [-0.4, -0.2) is 18.4 Å². The van der Waals surface area contributed by atoms with Gasteiger partial charge in [-0.2, -0.15) is 0 Å². The van der Waals surface area contributed by atoms with Gasteiger partial charge in [0.1, 0.15) is 0 Å². The maximum Gasteiger partial charge on any atom is 0.241 e. The molecular weight excluding hydrogens is 168 g/mol. The highest BCUT2D eigenvalue weighted by Crippen LogP contribution is 1.94. The minimum absolute atomic E-state index is 0.00678. The SMILES string of the molecule is N=C(N)NCCCCC=CC(N)=O. The second kappa shape index (κ2) is 7.15. The molecule has 0 aromatic heterocycles. The van der Waals surface area contributed by atoms with E-state index in [9.17, 15) is 4.79 Å². The molecule has 0 aromatic rings. The van der Waals surface area contributed by atoms with Gasteiger partial charge in [-0.25, -0.2) is 0 Å². The molecule has 0 unspecified atom stereocenters. The third-order valence-corrected chi connectivity index (χ3v) is 1.40. The van der Waals surface area contributed by atoms with Crippen molar-refractivity contribution in [3.8, 4) is 0 Å². The van der Waals surface area contributed by atoms with Gasteiger partial charge in [-0.1, -0.05) is 6.08 Å². The summed E-state index contributed by atoms with van der Waals surface area (Å²) in [5.41, 5.74) is 9.96. The van der Waals surface area contributed by atoms with Crippen LogP contribution in [0.1, 0.15) is 19.3 Å². The van der Waals surface area contributed by atoms with Gasteiger partial charge in [0.15, 0.2) is 5.96 Å². The lowest BCUT2D eigenvalue weighted by Crippen LogP contribution is -2.30. The molecule has 0 rings (SSSR count). The number of amides is 1. The van der Waals surface area contributed by atoms with Gasteiger partial charge < -0.3 is 16.8 Å². The van der Waals surface area contributed by atoms with E-state index >= 15 is 0 Å². The van der Waals surface area contributed by atoms with Crippen LogP contribution in [0.3, 0.4) is 0 Å². The van der Waals surface area contributed by atoms with E-state index in [1.807, 2.05) is 0 Å². The van der Waals surface area contributed by atoms with Crippen LogP contribution in [0.4, 0.5) is 0 Å². The Bertz CT molecular complexity index is 200. The maximum atomic E-state index is 10.3. The van der Waals surface area contributed by atoms with E-state index in [1.165, 1.54) is 6.08 Å². The molecule has 0 spiro atoms. The van der Waals surface area contributed by atoms with Crippen molar-refractivity contribution >= 4 is 11.9 Å². The van der Waals surface area contributed by atoms with E-state index in [0.29, 0.717) is 6.54 Å². The number of hydrogen-bond donors (Lipinski definition) is 4. The number of guanidine groups is 1. The van der Waals surface area contributed by atoms with Crippen LogP contribution >= 0.6 is 0 Å². The number of allylic oxidation sites excluding steroid dienone is 1. The fraction of sp³-hybridized carbons (Fsp3) is 0.500. The zero-order valence-electron chi connectivity index (χ0n) is 7.55. The lowest BCUT2D eigenvalue weighted by molar-refractivity contribution is -0.113. The van der Waals surface area contributed by atoms with Crippen molar-refractivity contribution in [1.29, 1.82) is 5.41 Å². The smallest absolute Gasteiger partial charge is 0.241 e. The molecule has 5 heteroatoms. The summed E-state index contributed by atoms with van der Waals surface area (Å²) in [7, 11) is 0. The molecule has 1 amide bonds. The molecule has 0 aliphatic carbocycles. The van der Waals surface area contributed by atoms with Gasteiger partial charge in [-0.3, -0.25) is 10.2 Å². The van der Waals surface area contributed by atoms with Gasteiger partial charge >= 0.3 is 0 Å². The van der Waals surface area contributed by atoms with Gasteiger partial charge in [0.2, 0.25) is 5.91 Å². The third kappa shape index (κ3) is 10.5. The Balaban J connectivity index is 3.17. The average molecular weight is 184 g/mol. The number of nitrogens with two attached hydrogens (primary N) is 2. The Morgan fingerprint density at radius 2 is 2.08 bits per heavy atom. The second-order valence-electron chi connectivity index (χ2n) is 2.64. The fourth-order valence-corrected chi connectivity index (χ4v) is 0.810. The highest BCUT2D eigenvalue weighted by Gasteiger charge is 1.88. The molecular formula is C8H16N4O. The van der Waals surface area contributed by atoms with Crippen LogP contribution < -0.4 is 16.8 Å². The predicted octanol–water partition coefficient (Wildman–Crippen LogP) is -0.319. The van der Waals surface area contributed by atoms with Crippen molar-refractivity contribution in [3.63, 3.8) is 0 Å². The summed E-state index contributed by atoms with van der Waals surface area (Å²) in [6.07, 6.45) is 5.80. The molecule has 0 aromatic carbocycles. The van der Waals surface area contributed by atoms with Gasteiger partial charge in [0.25, 0.3) is 0 Å². The second-order valence-corrected chi connectivity index (χ2v) is 2.64. The summed E-state index contributed by atoms with van der Waals surface area (Å²) in [6, 6.07) is 0. The first kappa shape index (κ1) is 11.5. The number of rotatable bonds is 6. The van der Waals surface area contributed by atoms with Crippen LogP contribution in [0.2, 0.25) is 0 Å². The van der Waals surface area contributed by atoms with E-state index in [-0.39, 0.29) is 5.96 Å². The molecule has 13 heavy (non-hydrogen) atoms. The van der Waals surface area contributed by atoms with Crippen molar-refractivity contribution in [2.75, 3.05) is 6.54 Å². The van der Waals surface area contributed by atoms with Gasteiger partial charge in [-0.05, 0) is 25.3 Å². The van der Waals surface area contributed by atoms with Crippen molar-refractivity contribution in [1.82, 2.24) is 5.32 Å². The Hall–Kier alpha value is -1.52. The molecule has 0 aliphatic rings. The summed E-state index contributed by atoms with van der Waals surface area (Å²) in [6.45, 7) is 0.694. The summed E-state index contributed by atoms with van der Waals surface area (Å²) in [5, 5.41) is 9.55. The fourth-order valence-electron chi connectivity index (χ4n) is 0.810. The molecule has 0 heterocycles. The summed E-state index contributed by atoms with van der Waals surface area (Å²) < 4.78 is 0. The molecule has 0 bridgehead atoms. The quantitative estimate of drug-likeness (QED) is 0.197. The molecule has 0 saturated carbocycles. The highest BCUT2D eigenvalue weighted by molar-refractivity contribution is 5.85. The van der Waals surface area contributed by atoms with Crippen LogP contribution in [0.15, 0.2) is 12.2 Å². The molecule has 6 N–H and O–H groups in total. The van der Waals surface area contributed by atoms with Crippen molar-refractivity contribution in [2.24, 2.45) is 11.5 Å². The highest BCUT2D eigenvalue weighted by atomic mass is 16.1. The zero-order valence-corrected chi connectivity index (χ0v) is 7.55. The standard InChI is InChI=1S/C8H16N4O/c9-7(13)5-3-1-2-4-6-12-8(10)11/h3,5H,1-2,4,6H2,(H2,9,13)(H4,10,11,12). The zero-order chi connectivity index (χ0) is 10.1. The van der Waals surface area contributed by atoms with E-state index < -0.39 is 5.91 Å². The van der Waals surface area contributed by atoms with Crippen LogP contribution in [0.25, 0.3) is 0 Å². The topological polar surface area (TPSA) is 105 Å². The molecule has 74 valence electrons. The molecule has 5 nitrogen and oxygen atoms in total. The third-order valence-electron chi connectivity index (χ3n) is 1.40. The molecule has 0 aliphatic heterocycles. The number of hydrogen-bond acceptors (Lipinski definition) is 2. The molecule has 0 saturated heterocycles. The van der Waals surface area contributed by atoms with E-state index in [1.54, 1.807) is 6.08 Å². The Kier molecular flexibility index (Phi) is 6.31. The lowest BCUT2D eigenvalue weighted by Gasteiger charge is -2.00. The van der Waals surface area contributed by atoms with Crippen LogP contribution in [-0.2, 0) is 4.79 Å². The first-order valence-electron chi connectivity index (χ1n) is 4.17. The number of unbranched alkanes of at least 4 members (excludes halogenated alkanes) is 2. The maximum absolute atomic E-state index is 10.3. The van der Waals surface area contributed by atoms with Crippen molar-refractivity contribution in [3.05, 3.63) is 12.2 Å². The number of primary amides is 1. The van der Waals surface area contributed by atoms with Crippen LogP contribution in [0.5, 0.6) is 0 Å². The summed E-state index contributed by atoms with van der Waals surface area (Å²) >= 11 is 0. The minimum Gasteiger partial charge on any atom is -0.370 e. The van der Waals surface area contributed by atoms with Gasteiger partial charge in [0, 0.05) is 6.54 Å². The van der Waals surface area contributed by atoms with E-state index in [2.05, 4.69) is 5.32 Å². The average Bonchev–Trinajstić information content (AvgIpc) is 2.01. The summed E-state index contributed by atoms with van der Waals surface area (Å²) in [4.78, 5) is 10.3. The molecule has 0 fully saturated rings. The lowest BCUT2D eigenvalue weighted by atomic mass is 10.2. The minimum atomic E-state index is -0.415. The van der Waals surface area contributed by atoms with Crippen molar-refractivity contribution < 1.29 is 4.79 Å². The first-order chi connectivity index (χ1) is 6.13. The molecule has 0 radical (unpaired) electrons. The van der Waals surface area contributed by atoms with Gasteiger partial charge in [0.05, 0.1) is 0 Å². The monoisotopic (exact) mass is 184 g/mol. The predicted molar refractivity (Wildman–Crippen MR) is 52.1 cm³/mol. The normalized spacial score (nSPS) is 10.2. The summed E-state index contributed by atoms with van der Waals surface area (Å²) in [5.74, 6) is -0.422. The van der Waals surface area contributed by atoms with E-state index in [4.69, 9.17) is 16.9 Å².